The van der Waals surface area contributed by atoms with Crippen LogP contribution in [0.1, 0.15) is 174 Å². The number of hydrogen-bond acceptors (Lipinski definition) is 9. The lowest BCUT2D eigenvalue weighted by Crippen LogP contribution is -2.59. The van der Waals surface area contributed by atoms with Crippen molar-refractivity contribution in [3.05, 3.63) is 48.6 Å². The molecule has 9 nitrogen and oxygen atoms in total. The van der Waals surface area contributed by atoms with Crippen molar-refractivity contribution in [3.8, 4) is 0 Å². The fraction of sp³-hybridized carbons (Fsp3) is 0.804. The van der Waals surface area contributed by atoms with E-state index in [0.29, 0.717) is 13.0 Å². The van der Waals surface area contributed by atoms with Crippen LogP contribution in [0.25, 0.3) is 0 Å². The minimum Gasteiger partial charge on any atom is -0.457 e. The smallest absolute Gasteiger partial charge is 0.306 e. The molecule has 55 heavy (non-hydrogen) atoms. The second-order valence-electron chi connectivity index (χ2n) is 15.1. The van der Waals surface area contributed by atoms with Gasteiger partial charge in [-0.15, -0.1) is 0 Å². The molecule has 0 spiro atoms. The highest BCUT2D eigenvalue weighted by molar-refractivity contribution is 5.69. The van der Waals surface area contributed by atoms with Crippen molar-refractivity contribution < 1.29 is 44.2 Å². The third-order valence-electron chi connectivity index (χ3n) is 9.95. The van der Waals surface area contributed by atoms with Crippen LogP contribution in [-0.4, -0.2) is 89.6 Å². The number of rotatable bonds is 37. The Labute approximate surface area is 335 Å². The maximum atomic E-state index is 12.8. The van der Waals surface area contributed by atoms with Crippen molar-refractivity contribution in [3.63, 3.8) is 0 Å². The van der Waals surface area contributed by atoms with E-state index < -0.39 is 43.4 Å². The standard InChI is InChI=1S/C46H82O9/c1-3-5-7-9-11-13-15-17-19-20-21-22-23-25-27-29-31-33-35-42(48)54-40(39-53-46-45(51)44(50)43(49)41(37-47)55-46)38-52-36-34-32-30-28-26-24-18-16-14-12-10-8-6-4-2/h8,10,13-16,19-20,40-41,43-47,49-51H,3-7,9,11-12,17-18,21-39H2,1-2H3/b10-8-,15-13-,16-14-,20-19-. The average Bonchev–Trinajstić information content (AvgIpc) is 3.18. The van der Waals surface area contributed by atoms with Crippen LogP contribution in [0, 0.1) is 0 Å². The number of unbranched alkanes of at least 4 members (excludes halogenated alkanes) is 18. The van der Waals surface area contributed by atoms with E-state index in [9.17, 15) is 25.2 Å². The molecule has 320 valence electrons. The molecule has 4 N–H and O–H groups in total. The molecule has 0 aromatic heterocycles. The Bertz CT molecular complexity index is 978. The second kappa shape index (κ2) is 37.7. The summed E-state index contributed by atoms with van der Waals surface area (Å²) < 4.78 is 22.8. The lowest BCUT2D eigenvalue weighted by atomic mass is 9.99. The van der Waals surface area contributed by atoms with Crippen molar-refractivity contribution in [1.29, 1.82) is 0 Å². The van der Waals surface area contributed by atoms with Gasteiger partial charge in [-0.2, -0.15) is 0 Å². The van der Waals surface area contributed by atoms with Crippen LogP contribution in [0.2, 0.25) is 0 Å². The largest absolute Gasteiger partial charge is 0.457 e. The number of ether oxygens (including phenoxy) is 4. The molecular formula is C46H82O9. The van der Waals surface area contributed by atoms with Crippen LogP contribution in [0.3, 0.4) is 0 Å². The highest BCUT2D eigenvalue weighted by Gasteiger charge is 2.44. The predicted molar refractivity (Wildman–Crippen MR) is 224 cm³/mol. The van der Waals surface area contributed by atoms with Crippen LogP contribution in [0.4, 0.5) is 0 Å². The van der Waals surface area contributed by atoms with E-state index in [-0.39, 0.29) is 19.2 Å². The van der Waals surface area contributed by atoms with E-state index in [1.165, 1.54) is 77.0 Å². The van der Waals surface area contributed by atoms with E-state index >= 15 is 0 Å². The first-order valence-corrected chi connectivity index (χ1v) is 22.2. The molecule has 6 atom stereocenters. The fourth-order valence-electron chi connectivity index (χ4n) is 6.44. The first-order chi connectivity index (χ1) is 26.9. The first kappa shape index (κ1) is 51.2. The number of aliphatic hydroxyl groups is 4. The van der Waals surface area contributed by atoms with Gasteiger partial charge < -0.3 is 39.4 Å². The zero-order valence-corrected chi connectivity index (χ0v) is 34.9. The Morgan fingerprint density at radius 3 is 1.64 bits per heavy atom. The normalized spacial score (nSPS) is 21.2. The fourth-order valence-corrected chi connectivity index (χ4v) is 6.44. The van der Waals surface area contributed by atoms with Gasteiger partial charge in [0.1, 0.15) is 30.5 Å². The van der Waals surface area contributed by atoms with Crippen LogP contribution in [0.15, 0.2) is 48.6 Å². The van der Waals surface area contributed by atoms with Gasteiger partial charge in [0.05, 0.1) is 19.8 Å². The maximum absolute atomic E-state index is 12.8. The molecule has 0 aliphatic carbocycles. The quantitative estimate of drug-likeness (QED) is 0.0276. The summed E-state index contributed by atoms with van der Waals surface area (Å²) in [6.07, 6.45) is 38.4. The monoisotopic (exact) mass is 779 g/mol. The Kier molecular flexibility index (Phi) is 35.1. The molecule has 1 aliphatic heterocycles. The van der Waals surface area contributed by atoms with Gasteiger partial charge in [-0.3, -0.25) is 4.79 Å². The molecule has 1 rings (SSSR count). The van der Waals surface area contributed by atoms with Crippen molar-refractivity contribution in [2.24, 2.45) is 0 Å². The van der Waals surface area contributed by atoms with Crippen LogP contribution in [0.5, 0.6) is 0 Å². The first-order valence-electron chi connectivity index (χ1n) is 22.2. The number of aliphatic hydroxyl groups excluding tert-OH is 4. The van der Waals surface area contributed by atoms with Crippen LogP contribution >= 0.6 is 0 Å². The summed E-state index contributed by atoms with van der Waals surface area (Å²) in [6.45, 7) is 4.44. The molecule has 0 radical (unpaired) electrons. The summed E-state index contributed by atoms with van der Waals surface area (Å²) in [6, 6.07) is 0. The summed E-state index contributed by atoms with van der Waals surface area (Å²) in [5, 5.41) is 40.1. The molecule has 1 aliphatic rings. The lowest BCUT2D eigenvalue weighted by molar-refractivity contribution is -0.305. The highest BCUT2D eigenvalue weighted by Crippen LogP contribution is 2.22. The maximum Gasteiger partial charge on any atom is 0.306 e. The SMILES string of the molecule is CCC/C=C\C/C=C\CCCCCCCCOCC(COC1OC(CO)C(O)C(O)C1O)OC(=O)CCCCCCCCC/C=C\C/C=C\CCCCCC. The third-order valence-corrected chi connectivity index (χ3v) is 9.95. The number of carbonyl (C=O) groups excluding carboxylic acids is 1. The predicted octanol–water partition coefficient (Wildman–Crippen LogP) is 9.75. The average molecular weight is 779 g/mol. The molecule has 1 heterocycles. The molecule has 1 saturated heterocycles. The van der Waals surface area contributed by atoms with Gasteiger partial charge in [-0.05, 0) is 70.6 Å². The van der Waals surface area contributed by atoms with E-state index in [1.807, 2.05) is 0 Å². The van der Waals surface area contributed by atoms with Crippen LogP contribution in [-0.2, 0) is 23.7 Å². The van der Waals surface area contributed by atoms with Crippen LogP contribution < -0.4 is 0 Å². The van der Waals surface area contributed by atoms with Gasteiger partial charge in [0.2, 0.25) is 0 Å². The van der Waals surface area contributed by atoms with E-state index in [4.69, 9.17) is 18.9 Å². The molecule has 6 unspecified atom stereocenters. The van der Waals surface area contributed by atoms with Gasteiger partial charge in [0.25, 0.3) is 0 Å². The number of carbonyl (C=O) groups is 1. The summed E-state index contributed by atoms with van der Waals surface area (Å²) in [7, 11) is 0. The van der Waals surface area contributed by atoms with Crippen molar-refractivity contribution in [2.45, 2.75) is 211 Å². The van der Waals surface area contributed by atoms with Gasteiger partial charge in [-0.1, -0.05) is 146 Å². The molecule has 9 heteroatoms. The van der Waals surface area contributed by atoms with Crippen molar-refractivity contribution in [1.82, 2.24) is 0 Å². The minimum atomic E-state index is -1.54. The minimum absolute atomic E-state index is 0.122. The van der Waals surface area contributed by atoms with Crippen molar-refractivity contribution >= 4 is 5.97 Å². The van der Waals surface area contributed by atoms with E-state index in [2.05, 4.69) is 62.5 Å². The van der Waals surface area contributed by atoms with Gasteiger partial charge in [-0.25, -0.2) is 0 Å². The van der Waals surface area contributed by atoms with Gasteiger partial charge >= 0.3 is 5.97 Å². The number of hydrogen-bond donors (Lipinski definition) is 4. The van der Waals surface area contributed by atoms with Gasteiger partial charge in [0, 0.05) is 13.0 Å². The summed E-state index contributed by atoms with van der Waals surface area (Å²) >= 11 is 0. The zero-order valence-electron chi connectivity index (χ0n) is 34.9. The molecule has 0 saturated carbocycles. The topological polar surface area (TPSA) is 135 Å². The second-order valence-corrected chi connectivity index (χ2v) is 15.1. The summed E-state index contributed by atoms with van der Waals surface area (Å²) in [4.78, 5) is 12.8. The molecule has 1 fully saturated rings. The Morgan fingerprint density at radius 2 is 1.09 bits per heavy atom. The van der Waals surface area contributed by atoms with Gasteiger partial charge in [0.15, 0.2) is 6.29 Å². The Hall–Kier alpha value is -1.85. The molecule has 0 bridgehead atoms. The summed E-state index contributed by atoms with van der Waals surface area (Å²) in [5.41, 5.74) is 0. The molecule has 0 aromatic carbocycles. The number of esters is 1. The zero-order chi connectivity index (χ0) is 40.0. The molecule has 0 amide bonds. The van der Waals surface area contributed by atoms with Crippen molar-refractivity contribution in [2.75, 3.05) is 26.4 Å². The van der Waals surface area contributed by atoms with E-state index in [1.54, 1.807) is 0 Å². The van der Waals surface area contributed by atoms with E-state index in [0.717, 1.165) is 77.0 Å². The number of allylic oxidation sites excluding steroid dienone is 8. The highest BCUT2D eigenvalue weighted by atomic mass is 16.7. The Morgan fingerprint density at radius 1 is 0.582 bits per heavy atom. The third kappa shape index (κ3) is 29.1. The molecular weight excluding hydrogens is 696 g/mol. The molecule has 0 aromatic rings. The lowest BCUT2D eigenvalue weighted by Gasteiger charge is -2.39. The summed E-state index contributed by atoms with van der Waals surface area (Å²) in [5.74, 6) is -0.327. The Balaban J connectivity index is 2.28.